The summed E-state index contributed by atoms with van der Waals surface area (Å²) in [6.07, 6.45) is 1.46. The number of thioether (sulfide) groups is 1. The first-order valence-electron chi connectivity index (χ1n) is 9.84. The molecule has 0 fully saturated rings. The van der Waals surface area contributed by atoms with Crippen LogP contribution in [0.25, 0.3) is 0 Å². The van der Waals surface area contributed by atoms with Crippen LogP contribution in [-0.2, 0) is 11.3 Å². The van der Waals surface area contributed by atoms with Gasteiger partial charge >= 0.3 is 0 Å². The van der Waals surface area contributed by atoms with E-state index in [1.807, 2.05) is 60.9 Å². The van der Waals surface area contributed by atoms with Crippen molar-refractivity contribution in [3.8, 4) is 11.5 Å². The molecule has 0 aliphatic rings. The Morgan fingerprint density at radius 3 is 2.74 bits per heavy atom. The summed E-state index contributed by atoms with van der Waals surface area (Å²) in [7, 11) is 1.59. The van der Waals surface area contributed by atoms with Crippen LogP contribution in [0.4, 0.5) is 5.69 Å². The van der Waals surface area contributed by atoms with Gasteiger partial charge in [0.2, 0.25) is 5.91 Å². The Balaban J connectivity index is 1.66. The lowest BCUT2D eigenvalue weighted by atomic mass is 10.2. The number of nitrogens with zero attached hydrogens (tertiary/aromatic N) is 3. The molecule has 1 heterocycles. The van der Waals surface area contributed by atoms with E-state index in [9.17, 15) is 4.79 Å². The van der Waals surface area contributed by atoms with Gasteiger partial charge in [-0.05, 0) is 43.7 Å². The second kappa shape index (κ2) is 10.7. The zero-order valence-corrected chi connectivity index (χ0v) is 18.7. The molecule has 1 amide bonds. The van der Waals surface area contributed by atoms with Crippen LogP contribution in [0.15, 0.2) is 66.3 Å². The molecule has 162 valence electrons. The van der Waals surface area contributed by atoms with Crippen molar-refractivity contribution < 1.29 is 14.3 Å². The molecule has 3 aromatic rings. The summed E-state index contributed by atoms with van der Waals surface area (Å²) in [5.41, 5.74) is 1.80. The smallest absolute Gasteiger partial charge is 0.234 e. The summed E-state index contributed by atoms with van der Waals surface area (Å²) in [6, 6.07) is 15.1. The maximum absolute atomic E-state index is 12.4. The normalized spacial score (nSPS) is 11.6. The van der Waals surface area contributed by atoms with Gasteiger partial charge in [-0.25, -0.2) is 0 Å². The van der Waals surface area contributed by atoms with E-state index in [0.29, 0.717) is 29.0 Å². The first-order valence-corrected chi connectivity index (χ1v) is 10.8. The van der Waals surface area contributed by atoms with Crippen LogP contribution in [0, 0.1) is 6.92 Å². The summed E-state index contributed by atoms with van der Waals surface area (Å²) in [5.74, 6) is 2.18. The molecule has 1 unspecified atom stereocenters. The monoisotopic (exact) mass is 438 g/mol. The van der Waals surface area contributed by atoms with Crippen LogP contribution in [-0.4, -0.2) is 33.5 Å². The third-order valence-corrected chi connectivity index (χ3v) is 5.38. The van der Waals surface area contributed by atoms with Crippen molar-refractivity contribution in [2.45, 2.75) is 31.7 Å². The highest BCUT2D eigenvalue weighted by Gasteiger charge is 2.20. The molecule has 0 spiro atoms. The summed E-state index contributed by atoms with van der Waals surface area (Å²) >= 11 is 1.31. The maximum atomic E-state index is 12.4. The number of carbonyl (C=O) groups excluding carboxylic acids is 1. The number of aryl methyl sites for hydroxylation is 1. The van der Waals surface area contributed by atoms with Crippen molar-refractivity contribution in [2.75, 3.05) is 18.2 Å². The number of benzene rings is 2. The van der Waals surface area contributed by atoms with Crippen LogP contribution < -0.4 is 14.8 Å². The molecule has 2 aromatic carbocycles. The zero-order valence-electron chi connectivity index (χ0n) is 17.9. The van der Waals surface area contributed by atoms with Gasteiger partial charge < -0.3 is 14.8 Å². The Morgan fingerprint density at radius 1 is 1.23 bits per heavy atom. The number of aromatic nitrogens is 3. The Hall–Kier alpha value is -3.26. The lowest BCUT2D eigenvalue weighted by Crippen LogP contribution is -2.15. The van der Waals surface area contributed by atoms with Gasteiger partial charge in [-0.3, -0.25) is 9.36 Å². The minimum Gasteiger partial charge on any atom is -0.497 e. The molecule has 1 aromatic heterocycles. The molecule has 0 saturated heterocycles. The molecular weight excluding hydrogens is 412 g/mol. The molecule has 3 rings (SSSR count). The van der Waals surface area contributed by atoms with Crippen LogP contribution in [0.1, 0.15) is 24.4 Å². The number of ether oxygens (including phenoxy) is 2. The second-order valence-electron chi connectivity index (χ2n) is 6.89. The molecule has 1 atom stereocenters. The lowest BCUT2D eigenvalue weighted by molar-refractivity contribution is -0.113. The van der Waals surface area contributed by atoms with Gasteiger partial charge in [-0.15, -0.1) is 16.8 Å². The Kier molecular flexibility index (Phi) is 7.72. The van der Waals surface area contributed by atoms with E-state index in [0.717, 1.165) is 11.3 Å². The van der Waals surface area contributed by atoms with Gasteiger partial charge in [0.1, 0.15) is 11.5 Å². The van der Waals surface area contributed by atoms with E-state index in [2.05, 4.69) is 22.1 Å². The minimum atomic E-state index is -0.311. The maximum Gasteiger partial charge on any atom is 0.234 e. The molecule has 0 aliphatic heterocycles. The number of rotatable bonds is 10. The van der Waals surface area contributed by atoms with E-state index in [1.54, 1.807) is 19.3 Å². The van der Waals surface area contributed by atoms with Crippen molar-refractivity contribution in [3.05, 3.63) is 72.6 Å². The van der Waals surface area contributed by atoms with Gasteiger partial charge in [-0.2, -0.15) is 0 Å². The SMILES string of the molecule is C=CCn1c(SCC(=O)Nc2cccc(OC)c2)nnc1C(C)Oc1cccc(C)c1. The Morgan fingerprint density at radius 2 is 2.00 bits per heavy atom. The highest BCUT2D eigenvalue weighted by molar-refractivity contribution is 7.99. The van der Waals surface area contributed by atoms with E-state index < -0.39 is 0 Å². The van der Waals surface area contributed by atoms with Crippen LogP contribution in [0.3, 0.4) is 0 Å². The molecule has 31 heavy (non-hydrogen) atoms. The number of hydrogen-bond donors (Lipinski definition) is 1. The largest absolute Gasteiger partial charge is 0.497 e. The summed E-state index contributed by atoms with van der Waals surface area (Å²) in [5, 5.41) is 12.1. The van der Waals surface area contributed by atoms with Gasteiger partial charge in [0.15, 0.2) is 17.1 Å². The fraction of sp³-hybridized carbons (Fsp3) is 0.261. The third-order valence-electron chi connectivity index (χ3n) is 4.41. The fourth-order valence-electron chi connectivity index (χ4n) is 2.98. The van der Waals surface area contributed by atoms with E-state index in [1.165, 1.54) is 11.8 Å². The number of anilines is 1. The zero-order chi connectivity index (χ0) is 22.2. The molecule has 8 heteroatoms. The molecule has 0 saturated carbocycles. The average Bonchev–Trinajstić information content (AvgIpc) is 3.15. The predicted molar refractivity (Wildman–Crippen MR) is 123 cm³/mol. The Labute approximate surface area is 186 Å². The number of allylic oxidation sites excluding steroid dienone is 1. The number of amides is 1. The van der Waals surface area contributed by atoms with Gasteiger partial charge in [0, 0.05) is 18.3 Å². The minimum absolute atomic E-state index is 0.142. The number of methoxy groups -OCH3 is 1. The number of hydrogen-bond acceptors (Lipinski definition) is 6. The van der Waals surface area contributed by atoms with Crippen molar-refractivity contribution in [1.29, 1.82) is 0 Å². The van der Waals surface area contributed by atoms with Crippen LogP contribution in [0.5, 0.6) is 11.5 Å². The Bertz CT molecular complexity index is 1050. The molecule has 0 radical (unpaired) electrons. The first-order chi connectivity index (χ1) is 15.0. The van der Waals surface area contributed by atoms with Gasteiger partial charge in [-0.1, -0.05) is 36.0 Å². The molecule has 7 nitrogen and oxygen atoms in total. The van der Waals surface area contributed by atoms with Crippen LogP contribution in [0.2, 0.25) is 0 Å². The summed E-state index contributed by atoms with van der Waals surface area (Å²) < 4.78 is 13.1. The molecule has 0 bridgehead atoms. The van der Waals surface area contributed by atoms with Crippen LogP contribution >= 0.6 is 11.8 Å². The number of carbonyl (C=O) groups is 1. The average molecular weight is 439 g/mol. The third kappa shape index (κ3) is 6.11. The summed E-state index contributed by atoms with van der Waals surface area (Å²) in [6.45, 7) is 8.28. The molecule has 0 aliphatic carbocycles. The standard InChI is InChI=1S/C23H26N4O3S/c1-5-12-27-22(17(3)30-20-11-6-8-16(2)13-20)25-26-23(27)31-15-21(28)24-18-9-7-10-19(14-18)29-4/h5-11,13-14,17H,1,12,15H2,2-4H3,(H,24,28). The lowest BCUT2D eigenvalue weighted by Gasteiger charge is -2.16. The van der Waals surface area contributed by atoms with Crippen molar-refractivity contribution in [3.63, 3.8) is 0 Å². The second-order valence-corrected chi connectivity index (χ2v) is 7.83. The van der Waals surface area contributed by atoms with Gasteiger partial charge in [0.25, 0.3) is 0 Å². The van der Waals surface area contributed by atoms with E-state index in [-0.39, 0.29) is 17.8 Å². The number of nitrogens with one attached hydrogen (secondary N) is 1. The molecule has 1 N–H and O–H groups in total. The van der Waals surface area contributed by atoms with Crippen molar-refractivity contribution >= 4 is 23.4 Å². The summed E-state index contributed by atoms with van der Waals surface area (Å²) in [4.78, 5) is 12.4. The highest BCUT2D eigenvalue weighted by Crippen LogP contribution is 2.25. The van der Waals surface area contributed by atoms with Gasteiger partial charge in [0.05, 0.1) is 12.9 Å². The quantitative estimate of drug-likeness (QED) is 0.367. The topological polar surface area (TPSA) is 78.3 Å². The van der Waals surface area contributed by atoms with E-state index in [4.69, 9.17) is 9.47 Å². The van der Waals surface area contributed by atoms with Crippen molar-refractivity contribution in [2.24, 2.45) is 0 Å². The highest BCUT2D eigenvalue weighted by atomic mass is 32.2. The van der Waals surface area contributed by atoms with E-state index >= 15 is 0 Å². The first kappa shape index (κ1) is 22.4. The molecular formula is C23H26N4O3S. The fourth-order valence-corrected chi connectivity index (χ4v) is 3.74. The van der Waals surface area contributed by atoms with Crippen molar-refractivity contribution in [1.82, 2.24) is 14.8 Å². The predicted octanol–water partition coefficient (Wildman–Crippen LogP) is 4.65.